The predicted octanol–water partition coefficient (Wildman–Crippen LogP) is 3.82. The Balaban J connectivity index is 2.36. The van der Waals surface area contributed by atoms with Crippen molar-refractivity contribution in [3.8, 4) is 0 Å². The molecule has 5 heteroatoms. The van der Waals surface area contributed by atoms with Gasteiger partial charge in [-0.3, -0.25) is 0 Å². The van der Waals surface area contributed by atoms with Crippen molar-refractivity contribution in [2.75, 3.05) is 26.3 Å². The van der Waals surface area contributed by atoms with E-state index in [1.807, 2.05) is 0 Å². The Hall–Kier alpha value is 0.01000. The zero-order chi connectivity index (χ0) is 12.7. The first-order valence-electron chi connectivity index (χ1n) is 5.57. The third-order valence-corrected chi connectivity index (χ3v) is 3.17. The van der Waals surface area contributed by atoms with Crippen molar-refractivity contribution in [2.45, 2.75) is 13.3 Å². The molecule has 0 amide bonds. The van der Waals surface area contributed by atoms with Gasteiger partial charge in [0, 0.05) is 21.6 Å². The molecule has 0 saturated heterocycles. The summed E-state index contributed by atoms with van der Waals surface area (Å²) in [5, 5.41) is 4.93. The molecule has 0 radical (unpaired) electrons. The van der Waals surface area contributed by atoms with Crippen LogP contribution in [0.15, 0.2) is 12.1 Å². The van der Waals surface area contributed by atoms with Crippen LogP contribution >= 0.6 is 34.8 Å². The topological polar surface area (TPSA) is 21.3 Å². The Morgan fingerprint density at radius 3 is 2.35 bits per heavy atom. The number of nitrogens with one attached hydrogen (secondary N) is 1. The van der Waals surface area contributed by atoms with E-state index in [1.165, 1.54) is 0 Å². The molecule has 0 fully saturated rings. The van der Waals surface area contributed by atoms with E-state index in [4.69, 9.17) is 39.5 Å². The molecule has 1 N–H and O–H groups in total. The van der Waals surface area contributed by atoms with Gasteiger partial charge in [-0.25, -0.2) is 0 Å². The molecule has 0 aliphatic rings. The maximum absolute atomic E-state index is 6.06. The Morgan fingerprint density at radius 2 is 1.76 bits per heavy atom. The summed E-state index contributed by atoms with van der Waals surface area (Å²) in [4.78, 5) is 0. The third kappa shape index (κ3) is 5.45. The molecule has 0 heterocycles. The molecule has 1 rings (SSSR count). The molecule has 1 aromatic carbocycles. The molecule has 0 spiro atoms. The van der Waals surface area contributed by atoms with Crippen LogP contribution in [-0.4, -0.2) is 26.3 Å². The van der Waals surface area contributed by atoms with Crippen molar-refractivity contribution < 1.29 is 4.74 Å². The van der Waals surface area contributed by atoms with Gasteiger partial charge in [0.2, 0.25) is 0 Å². The third-order valence-electron chi connectivity index (χ3n) is 2.28. The van der Waals surface area contributed by atoms with Gasteiger partial charge in [0.05, 0.1) is 13.2 Å². The van der Waals surface area contributed by atoms with E-state index in [1.54, 1.807) is 12.1 Å². The second kappa shape index (κ2) is 8.17. The monoisotopic (exact) mass is 295 g/mol. The summed E-state index contributed by atoms with van der Waals surface area (Å²) in [6.07, 6.45) is 0.695. The first-order chi connectivity index (χ1) is 8.15. The molecular formula is C12H16Cl3NO. The van der Waals surface area contributed by atoms with Crippen LogP contribution in [0.2, 0.25) is 15.1 Å². The predicted molar refractivity (Wildman–Crippen MR) is 74.5 cm³/mol. The molecule has 2 nitrogen and oxygen atoms in total. The van der Waals surface area contributed by atoms with Gasteiger partial charge >= 0.3 is 0 Å². The van der Waals surface area contributed by atoms with Crippen molar-refractivity contribution in [1.82, 2.24) is 5.32 Å². The van der Waals surface area contributed by atoms with E-state index in [0.29, 0.717) is 34.7 Å². The average molecular weight is 297 g/mol. The summed E-state index contributed by atoms with van der Waals surface area (Å²) >= 11 is 18.0. The SMILES string of the molecule is CCNCCOCCc1c(Cl)cc(Cl)cc1Cl. The molecule has 0 atom stereocenters. The van der Waals surface area contributed by atoms with E-state index in [9.17, 15) is 0 Å². The molecule has 96 valence electrons. The first kappa shape index (κ1) is 15.1. The average Bonchev–Trinajstić information content (AvgIpc) is 2.26. The lowest BCUT2D eigenvalue weighted by atomic mass is 10.1. The second-order valence-electron chi connectivity index (χ2n) is 3.56. The zero-order valence-corrected chi connectivity index (χ0v) is 12.0. The fourth-order valence-electron chi connectivity index (χ4n) is 1.41. The van der Waals surface area contributed by atoms with Crippen LogP contribution in [0, 0.1) is 0 Å². The minimum atomic E-state index is 0.553. The van der Waals surface area contributed by atoms with Gasteiger partial charge in [-0.15, -0.1) is 0 Å². The number of halogens is 3. The Labute approximate surface area is 117 Å². The smallest absolute Gasteiger partial charge is 0.0591 e. The van der Waals surface area contributed by atoms with E-state index >= 15 is 0 Å². The van der Waals surface area contributed by atoms with Crippen molar-refractivity contribution in [2.24, 2.45) is 0 Å². The highest BCUT2D eigenvalue weighted by Crippen LogP contribution is 2.29. The van der Waals surface area contributed by atoms with Crippen LogP contribution < -0.4 is 5.32 Å². The highest BCUT2D eigenvalue weighted by atomic mass is 35.5. The first-order valence-corrected chi connectivity index (χ1v) is 6.70. The lowest BCUT2D eigenvalue weighted by Gasteiger charge is -2.08. The maximum Gasteiger partial charge on any atom is 0.0591 e. The minimum absolute atomic E-state index is 0.553. The number of rotatable bonds is 7. The summed E-state index contributed by atoms with van der Waals surface area (Å²) in [5.74, 6) is 0. The summed E-state index contributed by atoms with van der Waals surface area (Å²) in [6, 6.07) is 3.39. The fraction of sp³-hybridized carbons (Fsp3) is 0.500. The van der Waals surface area contributed by atoms with E-state index in [0.717, 1.165) is 18.7 Å². The second-order valence-corrected chi connectivity index (χ2v) is 4.81. The van der Waals surface area contributed by atoms with Gasteiger partial charge < -0.3 is 10.1 Å². The lowest BCUT2D eigenvalue weighted by molar-refractivity contribution is 0.139. The highest BCUT2D eigenvalue weighted by molar-refractivity contribution is 6.39. The number of ether oxygens (including phenoxy) is 1. The molecule has 0 bridgehead atoms. The number of benzene rings is 1. The van der Waals surface area contributed by atoms with Gasteiger partial charge in [-0.2, -0.15) is 0 Å². The van der Waals surface area contributed by atoms with Crippen LogP contribution in [0.4, 0.5) is 0 Å². The number of likely N-dealkylation sites (N-methyl/N-ethyl adjacent to an activating group) is 1. The van der Waals surface area contributed by atoms with Crippen LogP contribution in [0.25, 0.3) is 0 Å². The standard InChI is InChI=1S/C12H16Cl3NO/c1-2-16-4-6-17-5-3-10-11(14)7-9(13)8-12(10)15/h7-8,16H,2-6H2,1H3. The van der Waals surface area contributed by atoms with E-state index < -0.39 is 0 Å². The number of hydrogen-bond acceptors (Lipinski definition) is 2. The molecule has 17 heavy (non-hydrogen) atoms. The molecule has 0 aliphatic heterocycles. The fourth-order valence-corrected chi connectivity index (χ4v) is 2.41. The van der Waals surface area contributed by atoms with E-state index in [2.05, 4.69) is 12.2 Å². The van der Waals surface area contributed by atoms with Gasteiger partial charge in [0.25, 0.3) is 0 Å². The lowest BCUT2D eigenvalue weighted by Crippen LogP contribution is -2.19. The van der Waals surface area contributed by atoms with Crippen LogP contribution in [0.5, 0.6) is 0 Å². The molecule has 0 aliphatic carbocycles. The summed E-state index contributed by atoms with van der Waals surface area (Å²) < 4.78 is 5.47. The van der Waals surface area contributed by atoms with Crippen molar-refractivity contribution in [3.63, 3.8) is 0 Å². The molecule has 0 unspecified atom stereocenters. The van der Waals surface area contributed by atoms with Crippen LogP contribution in [0.1, 0.15) is 12.5 Å². The summed E-state index contributed by atoms with van der Waals surface area (Å²) in [5.41, 5.74) is 0.890. The number of hydrogen-bond donors (Lipinski definition) is 1. The maximum atomic E-state index is 6.06. The normalized spacial score (nSPS) is 10.8. The van der Waals surface area contributed by atoms with Crippen LogP contribution in [-0.2, 0) is 11.2 Å². The molecular weight excluding hydrogens is 280 g/mol. The minimum Gasteiger partial charge on any atom is -0.380 e. The quantitative estimate of drug-likeness (QED) is 0.773. The van der Waals surface area contributed by atoms with Crippen molar-refractivity contribution in [3.05, 3.63) is 32.8 Å². The van der Waals surface area contributed by atoms with Gasteiger partial charge in [-0.1, -0.05) is 41.7 Å². The molecule has 1 aromatic rings. The van der Waals surface area contributed by atoms with Gasteiger partial charge in [0.15, 0.2) is 0 Å². The zero-order valence-electron chi connectivity index (χ0n) is 9.73. The Kier molecular flexibility index (Phi) is 7.24. The van der Waals surface area contributed by atoms with Gasteiger partial charge in [-0.05, 0) is 30.7 Å². The summed E-state index contributed by atoms with van der Waals surface area (Å²) in [6.45, 7) is 5.17. The largest absolute Gasteiger partial charge is 0.380 e. The van der Waals surface area contributed by atoms with Crippen molar-refractivity contribution >= 4 is 34.8 Å². The Bertz CT molecular complexity index is 335. The summed E-state index contributed by atoms with van der Waals surface area (Å²) in [7, 11) is 0. The molecule has 0 saturated carbocycles. The Morgan fingerprint density at radius 1 is 1.12 bits per heavy atom. The van der Waals surface area contributed by atoms with Crippen LogP contribution in [0.3, 0.4) is 0 Å². The van der Waals surface area contributed by atoms with E-state index in [-0.39, 0.29) is 0 Å². The van der Waals surface area contributed by atoms with Crippen molar-refractivity contribution in [1.29, 1.82) is 0 Å². The highest BCUT2D eigenvalue weighted by Gasteiger charge is 2.07. The molecule has 0 aromatic heterocycles. The van der Waals surface area contributed by atoms with Gasteiger partial charge in [0.1, 0.15) is 0 Å².